The summed E-state index contributed by atoms with van der Waals surface area (Å²) in [6.07, 6.45) is 0. The van der Waals surface area contributed by atoms with E-state index >= 15 is 0 Å². The van der Waals surface area contributed by atoms with Crippen LogP contribution < -0.4 is 10.6 Å². The highest BCUT2D eigenvalue weighted by atomic mass is 32.1. The van der Waals surface area contributed by atoms with Crippen molar-refractivity contribution in [3.8, 4) is 0 Å². The standard InChI is InChI=1S/C7H18N2S/c1-6(2,8-4)7(3,10)9-5/h8-10H,1-5H3. The van der Waals surface area contributed by atoms with Gasteiger partial charge in [-0.25, -0.2) is 0 Å². The van der Waals surface area contributed by atoms with Gasteiger partial charge in [-0.1, -0.05) is 0 Å². The Morgan fingerprint density at radius 3 is 1.50 bits per heavy atom. The summed E-state index contributed by atoms with van der Waals surface area (Å²) < 4.78 is 0. The maximum Gasteiger partial charge on any atom is 0.0763 e. The molecule has 0 fully saturated rings. The Kier molecular flexibility index (Phi) is 3.20. The molecule has 2 nitrogen and oxygen atoms in total. The molecule has 3 heteroatoms. The zero-order valence-electron chi connectivity index (χ0n) is 7.45. The zero-order chi connectivity index (χ0) is 8.41. The topological polar surface area (TPSA) is 24.1 Å². The highest BCUT2D eigenvalue weighted by Gasteiger charge is 2.34. The predicted octanol–water partition coefficient (Wildman–Crippen LogP) is 0.850. The lowest BCUT2D eigenvalue weighted by Crippen LogP contribution is -2.59. The molecule has 0 aliphatic carbocycles. The van der Waals surface area contributed by atoms with Crippen LogP contribution in [-0.2, 0) is 0 Å². The first-order valence-electron chi connectivity index (χ1n) is 3.47. The fourth-order valence-corrected chi connectivity index (χ4v) is 0.668. The van der Waals surface area contributed by atoms with Crippen molar-refractivity contribution in [1.29, 1.82) is 0 Å². The van der Waals surface area contributed by atoms with Crippen LogP contribution in [0.15, 0.2) is 0 Å². The van der Waals surface area contributed by atoms with Gasteiger partial charge in [0.25, 0.3) is 0 Å². The minimum Gasteiger partial charge on any atom is -0.312 e. The lowest BCUT2D eigenvalue weighted by atomic mass is 9.96. The smallest absolute Gasteiger partial charge is 0.0763 e. The van der Waals surface area contributed by atoms with Crippen LogP contribution in [0.1, 0.15) is 20.8 Å². The minimum absolute atomic E-state index is 0.00907. The molecule has 0 amide bonds. The fraction of sp³-hybridized carbons (Fsp3) is 1.00. The summed E-state index contributed by atoms with van der Waals surface area (Å²) in [5, 5.41) is 6.33. The molecule has 0 aromatic carbocycles. The lowest BCUT2D eigenvalue weighted by Gasteiger charge is -2.40. The van der Waals surface area contributed by atoms with Crippen LogP contribution in [0.25, 0.3) is 0 Å². The van der Waals surface area contributed by atoms with E-state index in [-0.39, 0.29) is 10.4 Å². The quantitative estimate of drug-likeness (QED) is 0.423. The van der Waals surface area contributed by atoms with Crippen LogP contribution in [0.5, 0.6) is 0 Å². The summed E-state index contributed by atoms with van der Waals surface area (Å²) in [5.74, 6) is 0. The van der Waals surface area contributed by atoms with E-state index < -0.39 is 0 Å². The first kappa shape index (κ1) is 10.3. The molecule has 0 saturated carbocycles. The summed E-state index contributed by atoms with van der Waals surface area (Å²) in [6.45, 7) is 6.26. The van der Waals surface area contributed by atoms with Gasteiger partial charge < -0.3 is 10.6 Å². The van der Waals surface area contributed by atoms with E-state index in [1.807, 2.05) is 21.0 Å². The van der Waals surface area contributed by atoms with Gasteiger partial charge in [0.2, 0.25) is 0 Å². The minimum atomic E-state index is -0.179. The normalized spacial score (nSPS) is 18.6. The van der Waals surface area contributed by atoms with E-state index in [4.69, 9.17) is 0 Å². The molecule has 1 atom stereocenters. The third kappa shape index (κ3) is 1.87. The summed E-state index contributed by atoms with van der Waals surface area (Å²) in [6, 6.07) is 0. The van der Waals surface area contributed by atoms with Gasteiger partial charge in [-0.15, -0.1) is 0 Å². The molecule has 0 aromatic rings. The summed E-state index contributed by atoms with van der Waals surface area (Å²) in [5.41, 5.74) is -0.00907. The summed E-state index contributed by atoms with van der Waals surface area (Å²) in [4.78, 5) is -0.179. The van der Waals surface area contributed by atoms with Crippen LogP contribution in [0.4, 0.5) is 0 Å². The van der Waals surface area contributed by atoms with Crippen molar-refractivity contribution >= 4 is 12.6 Å². The Hall–Kier alpha value is 0.270. The number of thiol groups is 1. The predicted molar refractivity (Wildman–Crippen MR) is 49.6 cm³/mol. The molecule has 0 spiro atoms. The van der Waals surface area contributed by atoms with Crippen molar-refractivity contribution in [2.45, 2.75) is 31.2 Å². The summed E-state index contributed by atoms with van der Waals surface area (Å²) in [7, 11) is 3.85. The number of hydrogen-bond donors (Lipinski definition) is 3. The molecule has 2 N–H and O–H groups in total. The van der Waals surface area contributed by atoms with E-state index in [1.54, 1.807) is 0 Å². The van der Waals surface area contributed by atoms with E-state index in [1.165, 1.54) is 0 Å². The SMILES string of the molecule is CNC(C)(C)C(C)(S)NC. The molecular formula is C7H18N2S. The fourth-order valence-electron chi connectivity index (χ4n) is 0.556. The average Bonchev–Trinajstić information content (AvgIpc) is 1.88. The maximum absolute atomic E-state index is 4.47. The van der Waals surface area contributed by atoms with E-state index in [0.29, 0.717) is 0 Å². The Morgan fingerprint density at radius 1 is 1.00 bits per heavy atom. The monoisotopic (exact) mass is 162 g/mol. The van der Waals surface area contributed by atoms with Crippen LogP contribution in [0, 0.1) is 0 Å². The van der Waals surface area contributed by atoms with Gasteiger partial charge in [0, 0.05) is 5.54 Å². The van der Waals surface area contributed by atoms with Crippen molar-refractivity contribution in [2.75, 3.05) is 14.1 Å². The van der Waals surface area contributed by atoms with E-state index in [0.717, 1.165) is 0 Å². The summed E-state index contributed by atoms with van der Waals surface area (Å²) >= 11 is 4.47. The van der Waals surface area contributed by atoms with Crippen molar-refractivity contribution in [3.63, 3.8) is 0 Å². The third-order valence-corrected chi connectivity index (χ3v) is 3.11. The van der Waals surface area contributed by atoms with Gasteiger partial charge in [-0.2, -0.15) is 12.6 Å². The molecule has 0 aromatic heterocycles. The van der Waals surface area contributed by atoms with Crippen molar-refractivity contribution in [3.05, 3.63) is 0 Å². The van der Waals surface area contributed by atoms with Crippen LogP contribution >= 0.6 is 12.6 Å². The third-order valence-electron chi connectivity index (χ3n) is 2.33. The Balaban J connectivity index is 4.28. The van der Waals surface area contributed by atoms with Gasteiger partial charge in [0.1, 0.15) is 0 Å². The van der Waals surface area contributed by atoms with Crippen molar-refractivity contribution < 1.29 is 0 Å². The molecule has 0 radical (unpaired) electrons. The molecule has 1 unspecified atom stereocenters. The Morgan fingerprint density at radius 2 is 1.40 bits per heavy atom. The van der Waals surface area contributed by atoms with Gasteiger partial charge in [0.05, 0.1) is 4.87 Å². The molecule has 0 bridgehead atoms. The average molecular weight is 162 g/mol. The van der Waals surface area contributed by atoms with Crippen molar-refractivity contribution in [1.82, 2.24) is 10.6 Å². The second-order valence-corrected chi connectivity index (χ2v) is 4.09. The molecule has 62 valence electrons. The van der Waals surface area contributed by atoms with Gasteiger partial charge >= 0.3 is 0 Å². The molecule has 0 rings (SSSR count). The molecule has 0 aliphatic rings. The van der Waals surface area contributed by atoms with Gasteiger partial charge in [-0.3, -0.25) is 0 Å². The maximum atomic E-state index is 4.47. The molecular weight excluding hydrogens is 144 g/mol. The highest BCUT2D eigenvalue weighted by molar-refractivity contribution is 7.81. The molecule has 0 aliphatic heterocycles. The van der Waals surface area contributed by atoms with Crippen LogP contribution in [0.2, 0.25) is 0 Å². The number of hydrogen-bond acceptors (Lipinski definition) is 3. The zero-order valence-corrected chi connectivity index (χ0v) is 8.34. The number of rotatable bonds is 3. The highest BCUT2D eigenvalue weighted by Crippen LogP contribution is 2.23. The largest absolute Gasteiger partial charge is 0.312 e. The first-order chi connectivity index (χ1) is 4.37. The van der Waals surface area contributed by atoms with Crippen LogP contribution in [-0.4, -0.2) is 24.5 Å². The van der Waals surface area contributed by atoms with Crippen LogP contribution in [0.3, 0.4) is 0 Å². The lowest BCUT2D eigenvalue weighted by molar-refractivity contribution is 0.294. The molecule has 0 heterocycles. The van der Waals surface area contributed by atoms with Crippen molar-refractivity contribution in [2.24, 2.45) is 0 Å². The number of likely N-dealkylation sites (N-methyl/N-ethyl adjacent to an activating group) is 2. The second-order valence-electron chi connectivity index (χ2n) is 3.20. The second kappa shape index (κ2) is 3.11. The Bertz CT molecular complexity index is 96.2. The molecule has 0 saturated heterocycles. The Labute approximate surface area is 69.2 Å². The molecule has 10 heavy (non-hydrogen) atoms. The van der Waals surface area contributed by atoms with Gasteiger partial charge in [-0.05, 0) is 34.9 Å². The number of nitrogens with one attached hydrogen (secondary N) is 2. The van der Waals surface area contributed by atoms with Gasteiger partial charge in [0.15, 0.2) is 0 Å². The van der Waals surface area contributed by atoms with E-state index in [2.05, 4.69) is 37.1 Å². The van der Waals surface area contributed by atoms with E-state index in [9.17, 15) is 0 Å². The first-order valence-corrected chi connectivity index (χ1v) is 3.92.